The number of nitrogens with zero attached hydrogens (tertiary/aromatic N) is 2. The summed E-state index contributed by atoms with van der Waals surface area (Å²) in [7, 11) is 1.39. The Balaban J connectivity index is 0.000000755. The smallest absolute Gasteiger partial charge is 0.309 e. The number of carboxylic acid groups (broad SMARTS) is 1. The molecule has 2 saturated carbocycles. The summed E-state index contributed by atoms with van der Waals surface area (Å²) in [4.78, 5) is 46.6. The molecule has 0 radical (unpaired) electrons. The molecule has 1 saturated heterocycles. The lowest BCUT2D eigenvalue weighted by Gasteiger charge is -2.23. The Morgan fingerprint density at radius 1 is 1.31 bits per heavy atom. The van der Waals surface area contributed by atoms with Crippen LogP contribution in [0.2, 0.25) is 0 Å². The van der Waals surface area contributed by atoms with Crippen molar-refractivity contribution >= 4 is 24.3 Å². The van der Waals surface area contributed by atoms with Crippen molar-refractivity contribution in [2.24, 2.45) is 23.7 Å². The van der Waals surface area contributed by atoms with Crippen LogP contribution in [0.1, 0.15) is 23.3 Å². The molecule has 3 fully saturated rings. The van der Waals surface area contributed by atoms with Crippen LogP contribution >= 0.6 is 0 Å². The van der Waals surface area contributed by atoms with Crippen LogP contribution in [0.15, 0.2) is 12.3 Å². The zero-order valence-corrected chi connectivity index (χ0v) is 15.9. The lowest BCUT2D eigenvalue weighted by atomic mass is 10.1. The van der Waals surface area contributed by atoms with Gasteiger partial charge < -0.3 is 25.2 Å². The van der Waals surface area contributed by atoms with Gasteiger partial charge in [-0.2, -0.15) is 5.10 Å². The number of H-pyrrole nitrogens is 1. The average Bonchev–Trinajstić information content (AvgIpc) is 3.18. The number of methoxy groups -OCH3 is 1. The number of likely N-dealkylation sites (tertiary alicyclic amines) is 1. The number of hydrogen-bond donors (Lipinski definition) is 4. The largest absolute Gasteiger partial charge is 0.483 e. The van der Waals surface area contributed by atoms with Gasteiger partial charge in [-0.1, -0.05) is 0 Å². The van der Waals surface area contributed by atoms with Crippen LogP contribution in [0.5, 0.6) is 0 Å². The fourth-order valence-corrected chi connectivity index (χ4v) is 4.45. The fourth-order valence-electron chi connectivity index (χ4n) is 4.45. The minimum atomic E-state index is -0.754. The van der Waals surface area contributed by atoms with E-state index in [9.17, 15) is 19.5 Å². The molecule has 0 aromatic carbocycles. The van der Waals surface area contributed by atoms with Gasteiger partial charge in [0.25, 0.3) is 12.4 Å². The standard InChI is InChI=1S/C17H22N4O5.CH2O2/c1-26-17(25)14-9-6-21(7-10(9)14)16(24)8-4-12(13(22)5-8)19-15(23)11-2-3-18-20-11;2-1-3/h2-3,8-10,12-14,22H,4-7H2,1H3,(H,18,20)(H,19,23);1H,(H,2,3)/t8-,9-,10+,12+,13+,14?;/m0./s1. The highest BCUT2D eigenvalue weighted by molar-refractivity contribution is 5.92. The second kappa shape index (κ2) is 8.60. The molecule has 3 aliphatic rings. The summed E-state index contributed by atoms with van der Waals surface area (Å²) in [6.45, 7) is 0.891. The molecule has 1 aromatic rings. The molecular weight excluding hydrogens is 384 g/mol. The Morgan fingerprint density at radius 3 is 2.52 bits per heavy atom. The first-order chi connectivity index (χ1) is 13.9. The lowest BCUT2D eigenvalue weighted by Crippen LogP contribution is -2.40. The van der Waals surface area contributed by atoms with Crippen LogP contribution in [0.4, 0.5) is 0 Å². The van der Waals surface area contributed by atoms with Crippen LogP contribution in [0, 0.1) is 23.7 Å². The summed E-state index contributed by atoms with van der Waals surface area (Å²) in [5.74, 6) is -0.515. The summed E-state index contributed by atoms with van der Waals surface area (Å²) < 4.78 is 4.78. The maximum Gasteiger partial charge on any atom is 0.309 e. The molecule has 2 heterocycles. The van der Waals surface area contributed by atoms with Crippen LogP contribution in [-0.4, -0.2) is 81.9 Å². The van der Waals surface area contributed by atoms with Gasteiger partial charge in [0.15, 0.2) is 0 Å². The Hall–Kier alpha value is -2.95. The maximum atomic E-state index is 12.7. The first-order valence-electron chi connectivity index (χ1n) is 9.34. The number of aromatic nitrogens is 2. The molecule has 2 aliphatic carbocycles. The van der Waals surface area contributed by atoms with Crippen molar-refractivity contribution in [2.75, 3.05) is 20.2 Å². The van der Waals surface area contributed by atoms with E-state index in [2.05, 4.69) is 15.5 Å². The van der Waals surface area contributed by atoms with Crippen molar-refractivity contribution in [1.82, 2.24) is 20.4 Å². The Bertz CT molecular complexity index is 756. The predicted octanol–water partition coefficient (Wildman–Crippen LogP) is -1.14. The number of aromatic amines is 1. The number of amides is 2. The van der Waals surface area contributed by atoms with Crippen LogP contribution in [0.3, 0.4) is 0 Å². The molecule has 1 aromatic heterocycles. The van der Waals surface area contributed by atoms with Gasteiger partial charge in [-0.25, -0.2) is 0 Å². The van der Waals surface area contributed by atoms with Crippen molar-refractivity contribution in [2.45, 2.75) is 25.0 Å². The minimum absolute atomic E-state index is 0.00171. The van der Waals surface area contributed by atoms with E-state index in [1.54, 1.807) is 11.0 Å². The number of nitrogens with one attached hydrogen (secondary N) is 2. The first-order valence-corrected chi connectivity index (χ1v) is 9.34. The van der Waals surface area contributed by atoms with Gasteiger partial charge in [-0.05, 0) is 30.7 Å². The van der Waals surface area contributed by atoms with Crippen molar-refractivity contribution in [3.8, 4) is 0 Å². The third-order valence-electron chi connectivity index (χ3n) is 5.92. The molecule has 2 amide bonds. The molecule has 29 heavy (non-hydrogen) atoms. The zero-order chi connectivity index (χ0) is 21.1. The minimum Gasteiger partial charge on any atom is -0.483 e. The molecule has 1 unspecified atom stereocenters. The van der Waals surface area contributed by atoms with E-state index >= 15 is 0 Å². The fraction of sp³-hybridized carbons (Fsp3) is 0.611. The molecule has 6 atom stereocenters. The molecule has 1 aliphatic heterocycles. The Morgan fingerprint density at radius 2 is 1.97 bits per heavy atom. The number of rotatable bonds is 4. The zero-order valence-electron chi connectivity index (χ0n) is 15.9. The summed E-state index contributed by atoms with van der Waals surface area (Å²) in [5.41, 5.74) is 0.320. The van der Waals surface area contributed by atoms with Gasteiger partial charge >= 0.3 is 5.97 Å². The molecule has 11 nitrogen and oxygen atoms in total. The summed E-state index contributed by atoms with van der Waals surface area (Å²) in [5, 5.41) is 26.2. The molecule has 0 spiro atoms. The SMILES string of the molecule is COC(=O)C1[C@H]2CN(C(=O)[C@@H]3C[C@@H](O)[C@H](NC(=O)c4ccn[nH]4)C3)C[C@@H]12.O=CO. The van der Waals surface area contributed by atoms with Gasteiger partial charge in [-0.3, -0.25) is 24.3 Å². The molecule has 4 rings (SSSR count). The van der Waals surface area contributed by atoms with E-state index < -0.39 is 12.1 Å². The Labute approximate surface area is 166 Å². The van der Waals surface area contributed by atoms with E-state index in [4.69, 9.17) is 14.6 Å². The van der Waals surface area contributed by atoms with Gasteiger partial charge in [0.05, 0.1) is 25.2 Å². The predicted molar refractivity (Wildman–Crippen MR) is 96.3 cm³/mol. The molecule has 11 heteroatoms. The van der Waals surface area contributed by atoms with Crippen LogP contribution in [0.25, 0.3) is 0 Å². The number of aliphatic hydroxyl groups is 1. The number of esters is 1. The highest BCUT2D eigenvalue weighted by Gasteiger charge is 2.61. The quantitative estimate of drug-likeness (QED) is 0.359. The van der Waals surface area contributed by atoms with Crippen molar-refractivity contribution in [3.63, 3.8) is 0 Å². The number of carbonyl (C=O) groups is 4. The van der Waals surface area contributed by atoms with Crippen molar-refractivity contribution < 1.29 is 34.1 Å². The number of carbonyl (C=O) groups excluding carboxylic acids is 3. The number of piperidine rings is 1. The maximum absolute atomic E-state index is 12.7. The molecule has 0 bridgehead atoms. The normalized spacial score (nSPS) is 31.9. The van der Waals surface area contributed by atoms with Gasteiger partial charge in [0.2, 0.25) is 5.91 Å². The average molecular weight is 408 g/mol. The van der Waals surface area contributed by atoms with Gasteiger partial charge in [-0.15, -0.1) is 0 Å². The van der Waals surface area contributed by atoms with Gasteiger partial charge in [0, 0.05) is 25.2 Å². The highest BCUT2D eigenvalue weighted by Crippen LogP contribution is 2.52. The molecular formula is C18H24N4O7. The summed E-state index contributed by atoms with van der Waals surface area (Å²) in [6, 6.07) is 1.09. The van der Waals surface area contributed by atoms with E-state index in [0.29, 0.717) is 31.6 Å². The summed E-state index contributed by atoms with van der Waals surface area (Å²) >= 11 is 0. The number of ether oxygens (including phenoxy) is 1. The number of aliphatic hydroxyl groups excluding tert-OH is 1. The number of fused-ring (bicyclic) bond motifs is 1. The third-order valence-corrected chi connectivity index (χ3v) is 5.92. The van der Waals surface area contributed by atoms with E-state index in [0.717, 1.165) is 0 Å². The van der Waals surface area contributed by atoms with E-state index in [1.807, 2.05) is 0 Å². The second-order valence-corrected chi connectivity index (χ2v) is 7.51. The monoisotopic (exact) mass is 408 g/mol. The highest BCUT2D eigenvalue weighted by atomic mass is 16.5. The lowest BCUT2D eigenvalue weighted by molar-refractivity contribution is -0.144. The molecule has 158 valence electrons. The Kier molecular flexibility index (Phi) is 6.16. The van der Waals surface area contributed by atoms with Crippen LogP contribution in [-0.2, 0) is 19.1 Å². The summed E-state index contributed by atoms with van der Waals surface area (Å²) in [6.07, 6.45) is 1.47. The third kappa shape index (κ3) is 4.24. The second-order valence-electron chi connectivity index (χ2n) is 7.51. The van der Waals surface area contributed by atoms with E-state index in [1.165, 1.54) is 13.3 Å². The van der Waals surface area contributed by atoms with E-state index in [-0.39, 0.29) is 47.9 Å². The van der Waals surface area contributed by atoms with Crippen LogP contribution < -0.4 is 5.32 Å². The first kappa shape index (κ1) is 20.8. The van der Waals surface area contributed by atoms with Crippen molar-refractivity contribution in [3.05, 3.63) is 18.0 Å². The van der Waals surface area contributed by atoms with Gasteiger partial charge in [0.1, 0.15) is 5.69 Å². The number of hydrogen-bond acceptors (Lipinski definition) is 7. The molecule has 4 N–H and O–H groups in total. The van der Waals surface area contributed by atoms with Crippen molar-refractivity contribution in [1.29, 1.82) is 0 Å². The topological polar surface area (TPSA) is 162 Å².